The Labute approximate surface area is 120 Å². The van der Waals surface area contributed by atoms with Crippen molar-refractivity contribution in [2.75, 3.05) is 0 Å². The van der Waals surface area contributed by atoms with Gasteiger partial charge >= 0.3 is 5.97 Å². The van der Waals surface area contributed by atoms with Crippen molar-refractivity contribution < 1.29 is 9.90 Å². The molecule has 1 rings (SSSR count). The van der Waals surface area contributed by atoms with Crippen LogP contribution in [-0.4, -0.2) is 17.1 Å². The van der Waals surface area contributed by atoms with Gasteiger partial charge < -0.3 is 10.4 Å². The van der Waals surface area contributed by atoms with Crippen LogP contribution in [0.5, 0.6) is 0 Å². The summed E-state index contributed by atoms with van der Waals surface area (Å²) in [6.07, 6.45) is 3.86. The summed E-state index contributed by atoms with van der Waals surface area (Å²) >= 11 is 1.87. The van der Waals surface area contributed by atoms with Crippen LogP contribution in [0.2, 0.25) is 0 Å². The minimum absolute atomic E-state index is 0.225. The molecule has 2 atom stereocenters. The molecule has 3 nitrogen and oxygen atoms in total. The van der Waals surface area contributed by atoms with Crippen LogP contribution < -0.4 is 5.32 Å². The minimum Gasteiger partial charge on any atom is -0.481 e. The molecular weight excluding hydrogens is 258 g/mol. The van der Waals surface area contributed by atoms with Gasteiger partial charge in [-0.25, -0.2) is 0 Å². The van der Waals surface area contributed by atoms with Crippen molar-refractivity contribution in [3.63, 3.8) is 0 Å². The Morgan fingerprint density at radius 2 is 2.00 bits per heavy atom. The molecule has 0 amide bonds. The standard InChI is InChI=1S/C15H25NO2S/c1-4-13-8-9-14(19-13)10-16-12(3)7-5-6-11(2)15(17)18/h8-9,11-12,16H,4-7,10H2,1-3H3,(H,17,18). The number of nitrogens with one attached hydrogen (secondary N) is 1. The Hall–Kier alpha value is -0.870. The fourth-order valence-corrected chi connectivity index (χ4v) is 2.85. The highest BCUT2D eigenvalue weighted by atomic mass is 32.1. The van der Waals surface area contributed by atoms with Crippen LogP contribution in [0.1, 0.15) is 49.8 Å². The van der Waals surface area contributed by atoms with Crippen LogP contribution in [0.3, 0.4) is 0 Å². The maximum Gasteiger partial charge on any atom is 0.306 e. The number of aryl methyl sites for hydroxylation is 1. The van der Waals surface area contributed by atoms with E-state index in [-0.39, 0.29) is 5.92 Å². The van der Waals surface area contributed by atoms with Gasteiger partial charge in [-0.05, 0) is 38.3 Å². The number of aliphatic carboxylic acids is 1. The van der Waals surface area contributed by atoms with Gasteiger partial charge in [0, 0.05) is 22.3 Å². The van der Waals surface area contributed by atoms with Crippen molar-refractivity contribution in [2.24, 2.45) is 5.92 Å². The van der Waals surface area contributed by atoms with E-state index >= 15 is 0 Å². The van der Waals surface area contributed by atoms with E-state index in [0.717, 1.165) is 32.2 Å². The average Bonchev–Trinajstić information content (AvgIpc) is 2.84. The van der Waals surface area contributed by atoms with Gasteiger partial charge in [0.15, 0.2) is 0 Å². The van der Waals surface area contributed by atoms with Gasteiger partial charge in [-0.2, -0.15) is 0 Å². The lowest BCUT2D eigenvalue weighted by Crippen LogP contribution is -2.25. The molecule has 19 heavy (non-hydrogen) atoms. The Morgan fingerprint density at radius 1 is 1.32 bits per heavy atom. The summed E-state index contributed by atoms with van der Waals surface area (Å²) in [5.41, 5.74) is 0. The monoisotopic (exact) mass is 283 g/mol. The first kappa shape index (κ1) is 16.2. The van der Waals surface area contributed by atoms with Crippen molar-refractivity contribution in [3.8, 4) is 0 Å². The highest BCUT2D eigenvalue weighted by Gasteiger charge is 2.11. The molecule has 1 aromatic rings. The van der Waals surface area contributed by atoms with E-state index in [1.54, 1.807) is 6.92 Å². The van der Waals surface area contributed by atoms with Gasteiger partial charge in [-0.1, -0.05) is 20.3 Å². The van der Waals surface area contributed by atoms with Gasteiger partial charge in [-0.15, -0.1) is 11.3 Å². The molecule has 0 aliphatic rings. The quantitative estimate of drug-likeness (QED) is 0.727. The van der Waals surface area contributed by atoms with E-state index in [2.05, 4.69) is 31.3 Å². The molecule has 0 aromatic carbocycles. The van der Waals surface area contributed by atoms with Crippen LogP contribution in [0, 0.1) is 5.92 Å². The molecule has 0 saturated heterocycles. The topological polar surface area (TPSA) is 49.3 Å². The zero-order chi connectivity index (χ0) is 14.3. The summed E-state index contributed by atoms with van der Waals surface area (Å²) in [5.74, 6) is -0.914. The number of carboxylic acids is 1. The molecule has 0 aliphatic carbocycles. The Balaban J connectivity index is 2.17. The van der Waals surface area contributed by atoms with E-state index in [4.69, 9.17) is 5.11 Å². The highest BCUT2D eigenvalue weighted by Crippen LogP contribution is 2.17. The Kier molecular flexibility index (Phi) is 7.10. The molecule has 0 saturated carbocycles. The SMILES string of the molecule is CCc1ccc(CNC(C)CCCC(C)C(=O)O)s1. The molecule has 1 heterocycles. The number of hydrogen-bond acceptors (Lipinski definition) is 3. The van der Waals surface area contributed by atoms with Gasteiger partial charge in [0.05, 0.1) is 5.92 Å². The van der Waals surface area contributed by atoms with Gasteiger partial charge in [0.1, 0.15) is 0 Å². The molecule has 2 unspecified atom stereocenters. The number of thiophene rings is 1. The van der Waals surface area contributed by atoms with E-state index < -0.39 is 5.97 Å². The first-order valence-electron chi connectivity index (χ1n) is 7.06. The molecular formula is C15H25NO2S. The van der Waals surface area contributed by atoms with Gasteiger partial charge in [0.2, 0.25) is 0 Å². The molecule has 1 aromatic heterocycles. The molecule has 4 heteroatoms. The van der Waals surface area contributed by atoms with E-state index in [1.165, 1.54) is 9.75 Å². The number of rotatable bonds is 9. The van der Waals surface area contributed by atoms with Crippen LogP contribution in [0.25, 0.3) is 0 Å². The number of carbonyl (C=O) groups is 1. The van der Waals surface area contributed by atoms with E-state index in [9.17, 15) is 4.79 Å². The van der Waals surface area contributed by atoms with Crippen molar-refractivity contribution in [1.29, 1.82) is 0 Å². The summed E-state index contributed by atoms with van der Waals surface area (Å²) in [6.45, 7) is 7.04. The summed E-state index contributed by atoms with van der Waals surface area (Å²) in [6, 6.07) is 4.82. The molecule has 0 radical (unpaired) electrons. The molecule has 2 N–H and O–H groups in total. The minimum atomic E-state index is -0.689. The fraction of sp³-hybridized carbons (Fsp3) is 0.667. The Bertz CT molecular complexity index is 389. The van der Waals surface area contributed by atoms with Crippen LogP contribution in [0.15, 0.2) is 12.1 Å². The van der Waals surface area contributed by atoms with Crippen LogP contribution >= 0.6 is 11.3 Å². The second-order valence-electron chi connectivity index (χ2n) is 5.17. The third-order valence-electron chi connectivity index (χ3n) is 3.39. The first-order valence-corrected chi connectivity index (χ1v) is 7.88. The highest BCUT2D eigenvalue weighted by molar-refractivity contribution is 7.11. The largest absolute Gasteiger partial charge is 0.481 e. The molecule has 108 valence electrons. The fourth-order valence-electron chi connectivity index (χ4n) is 1.94. The normalized spacial score (nSPS) is 14.3. The predicted molar refractivity (Wildman–Crippen MR) is 80.6 cm³/mol. The van der Waals surface area contributed by atoms with E-state index in [1.807, 2.05) is 11.3 Å². The number of carboxylic acid groups (broad SMARTS) is 1. The summed E-state index contributed by atoms with van der Waals surface area (Å²) in [7, 11) is 0. The predicted octanol–water partition coefficient (Wildman–Crippen LogP) is 3.68. The van der Waals surface area contributed by atoms with Crippen molar-refractivity contribution in [3.05, 3.63) is 21.9 Å². The molecule has 0 aliphatic heterocycles. The zero-order valence-corrected chi connectivity index (χ0v) is 12.9. The third kappa shape index (κ3) is 6.21. The lowest BCUT2D eigenvalue weighted by Gasteiger charge is -2.13. The summed E-state index contributed by atoms with van der Waals surface area (Å²) < 4.78 is 0. The Morgan fingerprint density at radius 3 is 2.58 bits per heavy atom. The lowest BCUT2D eigenvalue weighted by atomic mass is 10.0. The second kappa shape index (κ2) is 8.33. The van der Waals surface area contributed by atoms with Gasteiger partial charge in [0.25, 0.3) is 0 Å². The average molecular weight is 283 g/mol. The smallest absolute Gasteiger partial charge is 0.306 e. The third-order valence-corrected chi connectivity index (χ3v) is 4.62. The lowest BCUT2D eigenvalue weighted by molar-refractivity contribution is -0.141. The van der Waals surface area contributed by atoms with E-state index in [0.29, 0.717) is 6.04 Å². The second-order valence-corrected chi connectivity index (χ2v) is 6.43. The first-order chi connectivity index (χ1) is 9.02. The molecule has 0 fully saturated rings. The van der Waals surface area contributed by atoms with Crippen molar-refractivity contribution >= 4 is 17.3 Å². The van der Waals surface area contributed by atoms with Crippen molar-refractivity contribution in [2.45, 2.75) is 59.0 Å². The summed E-state index contributed by atoms with van der Waals surface area (Å²) in [5, 5.41) is 12.3. The zero-order valence-electron chi connectivity index (χ0n) is 12.1. The summed E-state index contributed by atoms with van der Waals surface area (Å²) in [4.78, 5) is 13.5. The maximum atomic E-state index is 10.7. The maximum absolute atomic E-state index is 10.7. The number of hydrogen-bond donors (Lipinski definition) is 2. The van der Waals surface area contributed by atoms with Crippen LogP contribution in [-0.2, 0) is 17.8 Å². The van der Waals surface area contributed by atoms with Gasteiger partial charge in [-0.3, -0.25) is 4.79 Å². The van der Waals surface area contributed by atoms with Crippen LogP contribution in [0.4, 0.5) is 0 Å². The molecule has 0 bridgehead atoms. The van der Waals surface area contributed by atoms with Crippen molar-refractivity contribution in [1.82, 2.24) is 5.32 Å². The molecule has 0 spiro atoms.